The van der Waals surface area contributed by atoms with Crippen LogP contribution in [0.25, 0.3) is 16.6 Å². The fraction of sp³-hybridized carbons (Fsp3) is 0.565. The van der Waals surface area contributed by atoms with Crippen LogP contribution in [0.1, 0.15) is 66.2 Å². The molecule has 0 spiro atoms. The molecule has 5 heteroatoms. The zero-order valence-corrected chi connectivity index (χ0v) is 21.8. The van der Waals surface area contributed by atoms with E-state index in [1.54, 1.807) is 4.57 Å². The van der Waals surface area contributed by atoms with Crippen LogP contribution in [0.3, 0.4) is 0 Å². The van der Waals surface area contributed by atoms with Gasteiger partial charge < -0.3 is 0 Å². The van der Waals surface area contributed by atoms with Crippen molar-refractivity contribution in [2.45, 2.75) is 84.7 Å². The summed E-state index contributed by atoms with van der Waals surface area (Å²) in [6.45, 7) is 12.9. The van der Waals surface area contributed by atoms with Gasteiger partial charge in [0.25, 0.3) is 0 Å². The second-order valence-electron chi connectivity index (χ2n) is 7.88. The molecule has 0 N–H and O–H groups in total. The Bertz CT molecular complexity index is 824. The summed E-state index contributed by atoms with van der Waals surface area (Å²) in [6.07, 6.45) is 7.66. The first-order valence-electron chi connectivity index (χ1n) is 10.8. The summed E-state index contributed by atoms with van der Waals surface area (Å²) in [7, 11) is 2.04. The van der Waals surface area contributed by atoms with Gasteiger partial charge in [0.2, 0.25) is 0 Å². The number of nitrogens with zero attached hydrogens (tertiary/aromatic N) is 2. The number of allylic oxidation sites excluding steroid dienone is 1. The predicted molar refractivity (Wildman–Crippen MR) is 128 cm³/mol. The Balaban J connectivity index is 2.57. The van der Waals surface area contributed by atoms with Crippen LogP contribution < -0.4 is 5.56 Å². The zero-order chi connectivity index (χ0) is 20.6. The van der Waals surface area contributed by atoms with Gasteiger partial charge in [-0.2, -0.15) is 0 Å². The van der Waals surface area contributed by atoms with Gasteiger partial charge in [0.15, 0.2) is 0 Å². The maximum absolute atomic E-state index is 13.2. The van der Waals surface area contributed by atoms with Crippen molar-refractivity contribution in [1.29, 1.82) is 0 Å². The molecule has 1 aromatic carbocycles. The molecule has 0 radical (unpaired) electrons. The van der Waals surface area contributed by atoms with Crippen LogP contribution >= 0.6 is 8.95 Å². The third-order valence-corrected chi connectivity index (χ3v) is 26.5. The number of para-hydroxylation sites is 1. The summed E-state index contributed by atoms with van der Waals surface area (Å²) < 4.78 is 5.93. The van der Waals surface area contributed by atoms with Gasteiger partial charge in [0.1, 0.15) is 0 Å². The molecule has 0 saturated heterocycles. The Labute approximate surface area is 177 Å². The Morgan fingerprint density at radius 3 is 2.07 bits per heavy atom. The predicted octanol–water partition coefficient (Wildman–Crippen LogP) is 7.33. The van der Waals surface area contributed by atoms with Gasteiger partial charge >= 0.3 is 178 Å². The second kappa shape index (κ2) is 11.4. The van der Waals surface area contributed by atoms with E-state index in [4.69, 9.17) is 4.98 Å². The van der Waals surface area contributed by atoms with Crippen molar-refractivity contribution in [3.63, 3.8) is 0 Å². The molecule has 28 heavy (non-hydrogen) atoms. The quantitative estimate of drug-likeness (QED) is 0.223. The van der Waals surface area contributed by atoms with E-state index in [9.17, 15) is 4.79 Å². The number of hydrogen-bond acceptors (Lipinski definition) is 3. The van der Waals surface area contributed by atoms with Crippen LogP contribution in [0, 0.1) is 0 Å². The van der Waals surface area contributed by atoms with Crippen LogP contribution in [-0.4, -0.2) is 26.5 Å². The van der Waals surface area contributed by atoms with Crippen molar-refractivity contribution >= 4 is 42.5 Å². The first-order valence-corrected chi connectivity index (χ1v) is 21.2. The number of aromatic nitrogens is 2. The van der Waals surface area contributed by atoms with E-state index in [0.29, 0.717) is 5.39 Å². The normalized spacial score (nSPS) is 11.9. The van der Waals surface area contributed by atoms with Gasteiger partial charge in [0, 0.05) is 0 Å². The third-order valence-electron chi connectivity index (χ3n) is 5.39. The fourth-order valence-corrected chi connectivity index (χ4v) is 25.6. The molecule has 2 rings (SSSR count). The molecule has 0 amide bonds. The minimum absolute atomic E-state index is 0.0299. The zero-order valence-electron chi connectivity index (χ0n) is 18.1. The summed E-state index contributed by atoms with van der Waals surface area (Å²) in [4.78, 5) is 18.2. The standard InChI is InChI=1S/C11H10N2OS.3C4H9.Sn/c1-7(2)13-10(14)8-5-3-4-6-9(8)12-11(13)15;3*1-3-4-2;/h3-6H,1H2,2H3,(H,12,15);3*1,3-4H2,2H3;/q;;;;+1/p-1. The third kappa shape index (κ3) is 5.88. The van der Waals surface area contributed by atoms with Crippen molar-refractivity contribution in [2.75, 3.05) is 0 Å². The molecule has 0 bridgehead atoms. The fourth-order valence-electron chi connectivity index (χ4n) is 3.74. The number of hydrogen-bond donors (Lipinski definition) is 0. The molecule has 0 aliphatic carbocycles. The molecule has 3 nitrogen and oxygen atoms in total. The first kappa shape index (κ1) is 23.5. The van der Waals surface area contributed by atoms with Gasteiger partial charge in [-0.15, -0.1) is 0 Å². The molecular formula is C23H36N2OSSn. The number of rotatable bonds is 12. The summed E-state index contributed by atoms with van der Waals surface area (Å²) in [6, 6.07) is 7.72. The Hall–Kier alpha value is -0.751. The molecule has 2 aromatic rings. The van der Waals surface area contributed by atoms with E-state index < -0.39 is 17.0 Å². The van der Waals surface area contributed by atoms with E-state index in [0.717, 1.165) is 16.4 Å². The molecule has 154 valence electrons. The van der Waals surface area contributed by atoms with Crippen LogP contribution in [0.5, 0.6) is 0 Å². The minimum atomic E-state index is -2.54. The molecule has 1 aromatic heterocycles. The molecule has 0 aliphatic rings. The summed E-state index contributed by atoms with van der Waals surface area (Å²) >= 11 is -2.54. The average Bonchev–Trinajstić information content (AvgIpc) is 2.69. The molecule has 0 atom stereocenters. The maximum atomic E-state index is 13.2. The molecule has 0 aliphatic heterocycles. The van der Waals surface area contributed by atoms with Crippen LogP contribution in [0.4, 0.5) is 0 Å². The molecular weight excluding hydrogens is 471 g/mol. The molecule has 0 unspecified atom stereocenters. The molecule has 1 heterocycles. The summed E-state index contributed by atoms with van der Waals surface area (Å²) in [5.74, 6) is 0. The van der Waals surface area contributed by atoms with Crippen LogP contribution in [0.15, 0.2) is 40.8 Å². The van der Waals surface area contributed by atoms with Crippen molar-refractivity contribution in [3.8, 4) is 0 Å². The van der Waals surface area contributed by atoms with Crippen molar-refractivity contribution in [3.05, 3.63) is 41.2 Å². The van der Waals surface area contributed by atoms with Crippen molar-refractivity contribution in [1.82, 2.24) is 9.55 Å². The SMILES string of the molecule is C=C(C)n1c([S][Sn]([CH2]CCC)([CH2]CCC)[CH2]CCC)nc2ccccc2c1=O. The van der Waals surface area contributed by atoms with Crippen LogP contribution in [-0.2, 0) is 0 Å². The van der Waals surface area contributed by atoms with Gasteiger partial charge in [-0.25, -0.2) is 0 Å². The van der Waals surface area contributed by atoms with E-state index in [1.807, 2.05) is 40.1 Å². The summed E-state index contributed by atoms with van der Waals surface area (Å²) in [5.41, 5.74) is 1.61. The van der Waals surface area contributed by atoms with E-state index in [1.165, 1.54) is 51.8 Å². The number of unbranched alkanes of at least 4 members (excludes halogenated alkanes) is 3. The van der Waals surface area contributed by atoms with E-state index in [2.05, 4.69) is 27.4 Å². The van der Waals surface area contributed by atoms with Crippen molar-refractivity contribution < 1.29 is 0 Å². The Kier molecular flexibility index (Phi) is 9.61. The second-order valence-corrected chi connectivity index (χ2v) is 27.0. The number of benzene rings is 1. The number of fused-ring (bicyclic) bond motifs is 1. The van der Waals surface area contributed by atoms with E-state index >= 15 is 0 Å². The average molecular weight is 507 g/mol. The van der Waals surface area contributed by atoms with Gasteiger partial charge in [-0.3, -0.25) is 0 Å². The Morgan fingerprint density at radius 2 is 1.57 bits per heavy atom. The van der Waals surface area contributed by atoms with Gasteiger partial charge in [-0.05, 0) is 0 Å². The topological polar surface area (TPSA) is 34.9 Å². The first-order chi connectivity index (χ1) is 13.5. The van der Waals surface area contributed by atoms with Gasteiger partial charge in [-0.1, -0.05) is 0 Å². The van der Waals surface area contributed by atoms with Crippen molar-refractivity contribution in [2.24, 2.45) is 0 Å². The van der Waals surface area contributed by atoms with E-state index in [-0.39, 0.29) is 5.56 Å². The van der Waals surface area contributed by atoms with Gasteiger partial charge in [0.05, 0.1) is 0 Å². The molecule has 0 fully saturated rings. The van der Waals surface area contributed by atoms with Crippen LogP contribution in [0.2, 0.25) is 13.3 Å². The monoisotopic (exact) mass is 508 g/mol. The molecule has 0 saturated carbocycles. The Morgan fingerprint density at radius 1 is 1.04 bits per heavy atom. The summed E-state index contributed by atoms with van der Waals surface area (Å²) in [5, 5.41) is 1.58.